The van der Waals surface area contributed by atoms with Gasteiger partial charge < -0.3 is 0 Å². The van der Waals surface area contributed by atoms with Crippen molar-refractivity contribution in [2.24, 2.45) is 0 Å². The summed E-state index contributed by atoms with van der Waals surface area (Å²) >= 11 is 8.93. The van der Waals surface area contributed by atoms with Crippen LogP contribution in [-0.4, -0.2) is 0 Å². The average Bonchev–Trinajstić information content (AvgIpc) is 2.38. The summed E-state index contributed by atoms with van der Waals surface area (Å²) in [6, 6.07) is 8.35. The van der Waals surface area contributed by atoms with Gasteiger partial charge >= 0.3 is 0 Å². The van der Waals surface area contributed by atoms with Crippen LogP contribution in [0.25, 0.3) is 0 Å². The summed E-state index contributed by atoms with van der Waals surface area (Å²) in [5, 5.41) is 0.0281. The third-order valence-corrected chi connectivity index (χ3v) is 3.89. The monoisotopic (exact) mass is 348 g/mol. The van der Waals surface area contributed by atoms with E-state index in [1.165, 1.54) is 24.3 Å². The van der Waals surface area contributed by atoms with Crippen LogP contribution >= 0.6 is 27.5 Å². The van der Waals surface area contributed by atoms with Crippen LogP contribution in [0, 0.1) is 17.5 Å². The summed E-state index contributed by atoms with van der Waals surface area (Å²) in [7, 11) is 0. The Morgan fingerprint density at radius 2 is 1.79 bits per heavy atom. The van der Waals surface area contributed by atoms with Crippen molar-refractivity contribution in [1.29, 1.82) is 0 Å². The van der Waals surface area contributed by atoms with Gasteiger partial charge in [-0.15, -0.1) is 0 Å². The Hall–Kier alpha value is -1.000. The highest BCUT2D eigenvalue weighted by molar-refractivity contribution is 9.09. The second kappa shape index (κ2) is 5.97. The molecule has 1 atom stereocenters. The van der Waals surface area contributed by atoms with Crippen molar-refractivity contribution >= 4 is 27.5 Å². The van der Waals surface area contributed by atoms with Gasteiger partial charge in [0, 0.05) is 4.83 Å². The molecule has 0 aliphatic heterocycles. The first-order valence-electron chi connectivity index (χ1n) is 5.51. The molecule has 1 unspecified atom stereocenters. The molecule has 0 amide bonds. The standard InChI is InChI=1S/C14H9BrClF3/c15-10(8-4-5-11(16)13(18)7-8)6-9-2-1-3-12(17)14(9)19/h1-5,7,10H,6H2. The van der Waals surface area contributed by atoms with Gasteiger partial charge in [0.1, 0.15) is 5.82 Å². The molecule has 0 spiro atoms. The van der Waals surface area contributed by atoms with E-state index in [9.17, 15) is 13.2 Å². The van der Waals surface area contributed by atoms with Crippen molar-refractivity contribution in [3.63, 3.8) is 0 Å². The van der Waals surface area contributed by atoms with Crippen LogP contribution in [0.15, 0.2) is 36.4 Å². The summed E-state index contributed by atoms with van der Waals surface area (Å²) in [4.78, 5) is -0.324. The molecule has 0 saturated carbocycles. The Balaban J connectivity index is 2.23. The summed E-state index contributed by atoms with van der Waals surface area (Å²) in [5.41, 5.74) is 0.850. The molecule has 0 heterocycles. The van der Waals surface area contributed by atoms with Crippen LogP contribution in [0.2, 0.25) is 5.02 Å². The molecule has 0 aliphatic carbocycles. The Bertz CT molecular complexity index is 601. The fourth-order valence-electron chi connectivity index (χ4n) is 1.72. The van der Waals surface area contributed by atoms with E-state index >= 15 is 0 Å². The van der Waals surface area contributed by atoms with E-state index in [0.717, 1.165) is 6.07 Å². The van der Waals surface area contributed by atoms with Crippen LogP contribution in [0.5, 0.6) is 0 Å². The highest BCUT2D eigenvalue weighted by Gasteiger charge is 2.15. The fraction of sp³-hybridized carbons (Fsp3) is 0.143. The molecule has 0 N–H and O–H groups in total. The zero-order valence-corrected chi connectivity index (χ0v) is 12.0. The minimum Gasteiger partial charge on any atom is -0.205 e. The molecule has 2 rings (SSSR count). The molecule has 5 heteroatoms. The summed E-state index contributed by atoms with van der Waals surface area (Å²) < 4.78 is 39.9. The fourth-order valence-corrected chi connectivity index (χ4v) is 2.48. The molecule has 100 valence electrons. The minimum atomic E-state index is -0.889. The van der Waals surface area contributed by atoms with Crippen molar-refractivity contribution in [3.8, 4) is 0 Å². The molecule has 0 radical (unpaired) electrons. The van der Waals surface area contributed by atoms with Crippen LogP contribution < -0.4 is 0 Å². The summed E-state index contributed by atoms with van der Waals surface area (Å²) in [5.74, 6) is -2.30. The van der Waals surface area contributed by atoms with Crippen molar-refractivity contribution < 1.29 is 13.2 Å². The predicted octanol–water partition coefficient (Wildman–Crippen LogP) is 5.44. The maximum Gasteiger partial charge on any atom is 0.162 e. The molecule has 0 fully saturated rings. The number of hydrogen-bond acceptors (Lipinski definition) is 0. The Morgan fingerprint density at radius 1 is 1.05 bits per heavy atom. The third kappa shape index (κ3) is 3.31. The maximum atomic E-state index is 13.5. The number of benzene rings is 2. The second-order valence-electron chi connectivity index (χ2n) is 4.06. The first-order valence-corrected chi connectivity index (χ1v) is 6.80. The highest BCUT2D eigenvalue weighted by Crippen LogP contribution is 2.30. The number of alkyl halides is 1. The van der Waals surface area contributed by atoms with E-state index in [1.54, 1.807) is 6.07 Å². The quantitative estimate of drug-likeness (QED) is 0.648. The third-order valence-electron chi connectivity index (χ3n) is 2.74. The van der Waals surface area contributed by atoms with Crippen molar-refractivity contribution in [1.82, 2.24) is 0 Å². The smallest absolute Gasteiger partial charge is 0.162 e. The predicted molar refractivity (Wildman–Crippen MR) is 73.1 cm³/mol. The van der Waals surface area contributed by atoms with Gasteiger partial charge in [-0.25, -0.2) is 13.2 Å². The molecule has 2 aromatic carbocycles. The molecular weight excluding hydrogens is 341 g/mol. The van der Waals surface area contributed by atoms with E-state index in [4.69, 9.17) is 11.6 Å². The molecule has 0 nitrogen and oxygen atoms in total. The maximum absolute atomic E-state index is 13.5. The second-order valence-corrected chi connectivity index (χ2v) is 5.57. The normalized spacial score (nSPS) is 12.5. The van der Waals surface area contributed by atoms with Gasteiger partial charge in [0.05, 0.1) is 5.02 Å². The molecule has 19 heavy (non-hydrogen) atoms. The minimum absolute atomic E-state index is 0.0281. The number of rotatable bonds is 3. The van der Waals surface area contributed by atoms with Crippen LogP contribution in [0.4, 0.5) is 13.2 Å². The lowest BCUT2D eigenvalue weighted by molar-refractivity contribution is 0.498. The summed E-state index contributed by atoms with van der Waals surface area (Å²) in [6.45, 7) is 0. The lowest BCUT2D eigenvalue weighted by atomic mass is 10.0. The largest absolute Gasteiger partial charge is 0.205 e. The Morgan fingerprint density at radius 3 is 2.47 bits per heavy atom. The van der Waals surface area contributed by atoms with Gasteiger partial charge in [-0.1, -0.05) is 45.7 Å². The van der Waals surface area contributed by atoms with Gasteiger partial charge in [0.25, 0.3) is 0 Å². The molecule has 0 aromatic heterocycles. The van der Waals surface area contributed by atoms with E-state index in [1.807, 2.05) is 0 Å². The van der Waals surface area contributed by atoms with E-state index < -0.39 is 17.5 Å². The Kier molecular flexibility index (Phi) is 4.53. The molecule has 0 aliphatic rings. The van der Waals surface area contributed by atoms with Gasteiger partial charge in [0.15, 0.2) is 11.6 Å². The first-order chi connectivity index (χ1) is 8.99. The van der Waals surface area contributed by atoms with Crippen LogP contribution in [0.3, 0.4) is 0 Å². The summed E-state index contributed by atoms with van der Waals surface area (Å²) in [6.07, 6.45) is 0.213. The van der Waals surface area contributed by atoms with E-state index in [0.29, 0.717) is 5.56 Å². The molecular formula is C14H9BrClF3. The van der Waals surface area contributed by atoms with E-state index in [2.05, 4.69) is 15.9 Å². The zero-order valence-electron chi connectivity index (χ0n) is 9.64. The van der Waals surface area contributed by atoms with Crippen LogP contribution in [0.1, 0.15) is 16.0 Å². The first kappa shape index (κ1) is 14.4. The zero-order chi connectivity index (χ0) is 14.0. The molecule has 0 bridgehead atoms. The molecule has 0 saturated heterocycles. The number of halogens is 5. The number of hydrogen-bond donors (Lipinski definition) is 0. The SMILES string of the molecule is Fc1cc(C(Br)Cc2cccc(F)c2F)ccc1Cl. The topological polar surface area (TPSA) is 0 Å². The van der Waals surface area contributed by atoms with Gasteiger partial charge in [-0.3, -0.25) is 0 Å². The van der Waals surface area contributed by atoms with Crippen molar-refractivity contribution in [2.45, 2.75) is 11.2 Å². The Labute approximate surface area is 122 Å². The molecule has 2 aromatic rings. The van der Waals surface area contributed by atoms with Gasteiger partial charge in [-0.05, 0) is 35.7 Å². The lowest BCUT2D eigenvalue weighted by Crippen LogP contribution is -2.00. The highest BCUT2D eigenvalue weighted by atomic mass is 79.9. The lowest BCUT2D eigenvalue weighted by Gasteiger charge is -2.11. The van der Waals surface area contributed by atoms with Gasteiger partial charge in [-0.2, -0.15) is 0 Å². The van der Waals surface area contributed by atoms with Crippen molar-refractivity contribution in [2.75, 3.05) is 0 Å². The van der Waals surface area contributed by atoms with E-state index in [-0.39, 0.29) is 21.8 Å². The van der Waals surface area contributed by atoms with Crippen molar-refractivity contribution in [3.05, 3.63) is 70.0 Å². The average molecular weight is 350 g/mol. The van der Waals surface area contributed by atoms with Crippen LogP contribution in [-0.2, 0) is 6.42 Å². The van der Waals surface area contributed by atoms with Gasteiger partial charge in [0.2, 0.25) is 0 Å².